The number of phenolic OH excluding ortho intramolecular Hbond substituents is 1. The predicted octanol–water partition coefficient (Wildman–Crippen LogP) is 3.93. The average molecular weight is 282 g/mol. The molecule has 1 aromatic heterocycles. The van der Waals surface area contributed by atoms with Crippen LogP contribution in [0.3, 0.4) is 0 Å². The normalized spacial score (nSPS) is 10.5. The van der Waals surface area contributed by atoms with Gasteiger partial charge in [0.05, 0.1) is 0 Å². The van der Waals surface area contributed by atoms with Gasteiger partial charge in [-0.3, -0.25) is 0 Å². The van der Waals surface area contributed by atoms with Gasteiger partial charge in [0.25, 0.3) is 0 Å². The molecule has 2 N–H and O–H groups in total. The van der Waals surface area contributed by atoms with Crippen LogP contribution < -0.4 is 5.32 Å². The maximum absolute atomic E-state index is 13.2. The highest BCUT2D eigenvalue weighted by atomic mass is 19.1. The zero-order valence-electron chi connectivity index (χ0n) is 11.3. The van der Waals surface area contributed by atoms with Crippen molar-refractivity contribution in [1.82, 2.24) is 4.57 Å². The lowest BCUT2D eigenvalue weighted by Gasteiger charge is -2.10. The van der Waals surface area contributed by atoms with Crippen LogP contribution >= 0.6 is 0 Å². The molecule has 0 saturated heterocycles. The number of nitrogens with one attached hydrogen (secondary N) is 1. The summed E-state index contributed by atoms with van der Waals surface area (Å²) >= 11 is 0. The van der Waals surface area contributed by atoms with E-state index in [-0.39, 0.29) is 5.75 Å². The Morgan fingerprint density at radius 1 is 1.00 bits per heavy atom. The fraction of sp³-hybridized carbons (Fsp3) is 0.0588. The van der Waals surface area contributed by atoms with Gasteiger partial charge < -0.3 is 15.0 Å². The third-order valence-electron chi connectivity index (χ3n) is 3.19. The largest absolute Gasteiger partial charge is 0.508 e. The average Bonchev–Trinajstić information content (AvgIpc) is 2.99. The van der Waals surface area contributed by atoms with Crippen molar-refractivity contribution in [3.8, 4) is 11.4 Å². The van der Waals surface area contributed by atoms with Crippen LogP contribution in [0.2, 0.25) is 0 Å². The summed E-state index contributed by atoms with van der Waals surface area (Å²) in [7, 11) is 0. The first-order valence-electron chi connectivity index (χ1n) is 6.66. The van der Waals surface area contributed by atoms with Crippen LogP contribution in [0.25, 0.3) is 5.69 Å². The SMILES string of the molecule is Oc1cc(F)cc(CNc2cccc(-n3cccc3)c2)c1. The van der Waals surface area contributed by atoms with E-state index in [1.165, 1.54) is 6.07 Å². The van der Waals surface area contributed by atoms with Gasteiger partial charge in [-0.05, 0) is 48.0 Å². The summed E-state index contributed by atoms with van der Waals surface area (Å²) in [4.78, 5) is 0. The highest BCUT2D eigenvalue weighted by molar-refractivity contribution is 5.51. The van der Waals surface area contributed by atoms with E-state index in [9.17, 15) is 9.50 Å². The molecular formula is C17H15FN2O. The van der Waals surface area contributed by atoms with E-state index in [0.717, 1.165) is 17.4 Å². The van der Waals surface area contributed by atoms with E-state index in [0.29, 0.717) is 12.1 Å². The molecule has 0 fully saturated rings. The van der Waals surface area contributed by atoms with Gasteiger partial charge in [0.2, 0.25) is 0 Å². The molecule has 3 nitrogen and oxygen atoms in total. The lowest BCUT2D eigenvalue weighted by molar-refractivity contribution is 0.468. The number of phenols is 1. The maximum Gasteiger partial charge on any atom is 0.127 e. The second-order valence-corrected chi connectivity index (χ2v) is 4.81. The highest BCUT2D eigenvalue weighted by Crippen LogP contribution is 2.18. The lowest BCUT2D eigenvalue weighted by atomic mass is 10.2. The van der Waals surface area contributed by atoms with Crippen LogP contribution in [0.4, 0.5) is 10.1 Å². The number of rotatable bonds is 4. The monoisotopic (exact) mass is 282 g/mol. The summed E-state index contributed by atoms with van der Waals surface area (Å²) in [5.74, 6) is -0.499. The molecule has 0 atom stereocenters. The van der Waals surface area contributed by atoms with Crippen molar-refractivity contribution in [2.75, 3.05) is 5.32 Å². The van der Waals surface area contributed by atoms with E-state index in [4.69, 9.17) is 0 Å². The molecule has 1 heterocycles. The van der Waals surface area contributed by atoms with Crippen molar-refractivity contribution < 1.29 is 9.50 Å². The Bertz CT molecular complexity index is 718. The van der Waals surface area contributed by atoms with Crippen LogP contribution in [0, 0.1) is 5.82 Å². The fourth-order valence-corrected chi connectivity index (χ4v) is 2.22. The molecule has 0 aliphatic rings. The Labute approximate surface area is 122 Å². The molecule has 0 unspecified atom stereocenters. The summed E-state index contributed by atoms with van der Waals surface area (Å²) in [6.07, 6.45) is 3.95. The molecule has 0 aliphatic carbocycles. The molecule has 106 valence electrons. The number of halogens is 1. The molecule has 0 bridgehead atoms. The minimum Gasteiger partial charge on any atom is -0.508 e. The van der Waals surface area contributed by atoms with E-state index >= 15 is 0 Å². The summed E-state index contributed by atoms with van der Waals surface area (Å²) in [6, 6.07) is 15.9. The molecule has 2 aromatic carbocycles. The second-order valence-electron chi connectivity index (χ2n) is 4.81. The lowest BCUT2D eigenvalue weighted by Crippen LogP contribution is -2.00. The number of aromatic hydroxyl groups is 1. The highest BCUT2D eigenvalue weighted by Gasteiger charge is 2.01. The third-order valence-corrected chi connectivity index (χ3v) is 3.19. The van der Waals surface area contributed by atoms with Gasteiger partial charge in [-0.2, -0.15) is 0 Å². The van der Waals surface area contributed by atoms with Crippen molar-refractivity contribution in [1.29, 1.82) is 0 Å². The minimum absolute atomic E-state index is 0.0621. The predicted molar refractivity (Wildman–Crippen MR) is 81.2 cm³/mol. The smallest absolute Gasteiger partial charge is 0.127 e. The molecule has 0 saturated carbocycles. The molecule has 3 rings (SSSR count). The Morgan fingerprint density at radius 3 is 2.57 bits per heavy atom. The van der Waals surface area contributed by atoms with E-state index in [2.05, 4.69) is 5.32 Å². The van der Waals surface area contributed by atoms with Gasteiger partial charge in [-0.25, -0.2) is 4.39 Å². The molecule has 3 aromatic rings. The molecule has 21 heavy (non-hydrogen) atoms. The molecule has 0 spiro atoms. The standard InChI is InChI=1S/C17H15FN2O/c18-14-8-13(9-17(21)10-14)12-19-15-4-3-5-16(11-15)20-6-1-2-7-20/h1-11,19,21H,12H2. The molecule has 4 heteroatoms. The number of aromatic nitrogens is 1. The van der Waals surface area contributed by atoms with Crippen LogP contribution in [0.15, 0.2) is 67.0 Å². The zero-order valence-corrected chi connectivity index (χ0v) is 11.3. The van der Waals surface area contributed by atoms with Gasteiger partial charge in [0.1, 0.15) is 11.6 Å². The van der Waals surface area contributed by atoms with E-state index < -0.39 is 5.82 Å². The number of nitrogens with zero attached hydrogens (tertiary/aromatic N) is 1. The van der Waals surface area contributed by atoms with E-state index in [1.807, 2.05) is 53.4 Å². The summed E-state index contributed by atoms with van der Waals surface area (Å²) < 4.78 is 15.2. The fourth-order valence-electron chi connectivity index (χ4n) is 2.22. The Balaban J connectivity index is 1.75. The first kappa shape index (κ1) is 13.2. The molecule has 0 amide bonds. The topological polar surface area (TPSA) is 37.2 Å². The first-order chi connectivity index (χ1) is 10.2. The quantitative estimate of drug-likeness (QED) is 0.760. The van der Waals surface area contributed by atoms with Crippen LogP contribution in [0.1, 0.15) is 5.56 Å². The molecule has 0 radical (unpaired) electrons. The Morgan fingerprint density at radius 2 is 1.81 bits per heavy atom. The summed E-state index contributed by atoms with van der Waals surface area (Å²) in [5.41, 5.74) is 2.68. The third kappa shape index (κ3) is 3.23. The molecule has 0 aliphatic heterocycles. The summed E-state index contributed by atoms with van der Waals surface area (Å²) in [5, 5.41) is 12.6. The zero-order chi connectivity index (χ0) is 14.7. The van der Waals surface area contributed by atoms with Crippen molar-refractivity contribution in [2.45, 2.75) is 6.54 Å². The van der Waals surface area contributed by atoms with Crippen LogP contribution in [-0.2, 0) is 6.54 Å². The number of hydrogen-bond acceptors (Lipinski definition) is 2. The maximum atomic E-state index is 13.2. The van der Waals surface area contributed by atoms with Gasteiger partial charge in [-0.1, -0.05) is 6.07 Å². The van der Waals surface area contributed by atoms with Crippen molar-refractivity contribution in [3.63, 3.8) is 0 Å². The first-order valence-corrected chi connectivity index (χ1v) is 6.66. The van der Waals surface area contributed by atoms with Crippen molar-refractivity contribution in [2.24, 2.45) is 0 Å². The van der Waals surface area contributed by atoms with E-state index in [1.54, 1.807) is 6.07 Å². The number of anilines is 1. The number of benzene rings is 2. The van der Waals surface area contributed by atoms with Gasteiger partial charge in [-0.15, -0.1) is 0 Å². The summed E-state index contributed by atoms with van der Waals surface area (Å²) in [6.45, 7) is 0.445. The van der Waals surface area contributed by atoms with Crippen molar-refractivity contribution in [3.05, 3.63) is 78.4 Å². The van der Waals surface area contributed by atoms with Gasteiger partial charge in [0.15, 0.2) is 0 Å². The van der Waals surface area contributed by atoms with Crippen LogP contribution in [-0.4, -0.2) is 9.67 Å². The van der Waals surface area contributed by atoms with Crippen LogP contribution in [0.5, 0.6) is 5.75 Å². The van der Waals surface area contributed by atoms with Gasteiger partial charge >= 0.3 is 0 Å². The number of hydrogen-bond donors (Lipinski definition) is 2. The minimum atomic E-state index is -0.437. The Hall–Kier alpha value is -2.75. The van der Waals surface area contributed by atoms with Crippen molar-refractivity contribution >= 4 is 5.69 Å². The second kappa shape index (κ2) is 5.71. The molecular weight excluding hydrogens is 267 g/mol. The van der Waals surface area contributed by atoms with Gasteiger partial charge in [0, 0.05) is 36.4 Å². The Kier molecular flexibility index (Phi) is 3.60.